The number of benzene rings is 5. The van der Waals surface area contributed by atoms with Crippen LogP contribution < -0.4 is 4.90 Å². The normalized spacial score (nSPS) is 17.0. The predicted molar refractivity (Wildman–Crippen MR) is 251 cm³/mol. The summed E-state index contributed by atoms with van der Waals surface area (Å²) in [6.07, 6.45) is 13.2. The molecule has 0 saturated heterocycles. The third kappa shape index (κ3) is 6.51. The highest BCUT2D eigenvalue weighted by atomic mass is 15.1. The van der Waals surface area contributed by atoms with E-state index in [2.05, 4.69) is 219 Å². The number of hydrogen-bond donors (Lipinski definition) is 0. The summed E-state index contributed by atoms with van der Waals surface area (Å²) in [7, 11) is 0. The SMILES string of the molecule is C=CC1=C(C2=C(C)C(C)(C)c3ccc(N(/C(C)=C/C=C(C)/C(=C/CC)/C=C(\C)c4ccccc4)c4ccc5c(c4)C(C)(C)c4ccccc4-5)cc32)Cc2ccccc21. The van der Waals surface area contributed by atoms with E-state index in [-0.39, 0.29) is 10.8 Å². The summed E-state index contributed by atoms with van der Waals surface area (Å²) in [6.45, 7) is 25.1. The fraction of sp³-hybridized carbons (Fsp3) is 0.228. The number of allylic oxidation sites excluding steroid dienone is 13. The Kier molecular flexibility index (Phi) is 10.1. The van der Waals surface area contributed by atoms with Gasteiger partial charge in [0.1, 0.15) is 0 Å². The van der Waals surface area contributed by atoms with Crippen LogP contribution in [-0.2, 0) is 17.3 Å². The van der Waals surface area contributed by atoms with E-state index < -0.39 is 0 Å². The molecule has 0 spiro atoms. The van der Waals surface area contributed by atoms with Crippen LogP contribution in [0.5, 0.6) is 0 Å². The smallest absolute Gasteiger partial charge is 0.0464 e. The predicted octanol–water partition coefficient (Wildman–Crippen LogP) is 15.7. The molecule has 3 aliphatic carbocycles. The fourth-order valence-electron chi connectivity index (χ4n) is 9.75. The first-order chi connectivity index (χ1) is 27.9. The van der Waals surface area contributed by atoms with Gasteiger partial charge in [0.2, 0.25) is 0 Å². The van der Waals surface area contributed by atoms with Crippen molar-refractivity contribution in [3.05, 3.63) is 219 Å². The van der Waals surface area contributed by atoms with Gasteiger partial charge in [-0.15, -0.1) is 0 Å². The van der Waals surface area contributed by atoms with Crippen molar-refractivity contribution < 1.29 is 0 Å². The van der Waals surface area contributed by atoms with Crippen LogP contribution in [0, 0.1) is 0 Å². The average molecular weight is 756 g/mol. The van der Waals surface area contributed by atoms with Crippen LogP contribution in [0.25, 0.3) is 27.8 Å². The maximum Gasteiger partial charge on any atom is 0.0464 e. The van der Waals surface area contributed by atoms with Gasteiger partial charge in [-0.25, -0.2) is 0 Å². The van der Waals surface area contributed by atoms with Crippen LogP contribution in [-0.4, -0.2) is 0 Å². The molecule has 58 heavy (non-hydrogen) atoms. The van der Waals surface area contributed by atoms with Crippen LogP contribution in [0.2, 0.25) is 0 Å². The first-order valence-corrected chi connectivity index (χ1v) is 21.0. The summed E-state index contributed by atoms with van der Waals surface area (Å²) in [5, 5.41) is 0. The van der Waals surface area contributed by atoms with Crippen LogP contribution in [0.4, 0.5) is 11.4 Å². The second-order valence-corrected chi connectivity index (χ2v) is 17.4. The van der Waals surface area contributed by atoms with Gasteiger partial charge in [0.15, 0.2) is 0 Å². The molecule has 8 rings (SSSR count). The Morgan fingerprint density at radius 3 is 2.05 bits per heavy atom. The van der Waals surface area contributed by atoms with Crippen molar-refractivity contribution in [2.75, 3.05) is 4.90 Å². The van der Waals surface area contributed by atoms with Gasteiger partial charge in [-0.05, 0) is 154 Å². The van der Waals surface area contributed by atoms with E-state index in [0.29, 0.717) is 0 Å². The van der Waals surface area contributed by atoms with E-state index in [1.807, 2.05) is 0 Å². The Hall–Kier alpha value is -5.92. The van der Waals surface area contributed by atoms with Crippen molar-refractivity contribution in [3.63, 3.8) is 0 Å². The molecule has 290 valence electrons. The topological polar surface area (TPSA) is 3.24 Å². The molecule has 0 heterocycles. The van der Waals surface area contributed by atoms with Crippen LogP contribution in [0.3, 0.4) is 0 Å². The van der Waals surface area contributed by atoms with E-state index in [4.69, 9.17) is 0 Å². The highest BCUT2D eigenvalue weighted by Gasteiger charge is 2.39. The minimum Gasteiger partial charge on any atom is -0.314 e. The Labute approximate surface area is 347 Å². The van der Waals surface area contributed by atoms with Crippen LogP contribution in [0.1, 0.15) is 108 Å². The zero-order chi connectivity index (χ0) is 40.9. The zero-order valence-electron chi connectivity index (χ0n) is 35.9. The number of fused-ring (bicyclic) bond motifs is 5. The lowest BCUT2D eigenvalue weighted by Gasteiger charge is -2.29. The molecule has 3 aliphatic rings. The van der Waals surface area contributed by atoms with Crippen LogP contribution >= 0.6 is 0 Å². The third-order valence-corrected chi connectivity index (χ3v) is 13.3. The molecule has 0 unspecified atom stereocenters. The standard InChI is InChI=1S/C57H57N/c1-11-20-42(33-38(4)41-21-14-13-15-22-41)37(3)27-28-39(5)58(45-29-31-49-48-25-18-19-26-52(48)57(9,10)54(49)36-45)44-30-32-53-51(35-44)55(40(6)56(53,7)8)50-34-43-23-16-17-24-47(43)46(50)12-2/h12-33,35-36H,2,11,34H2,1,3-10H3/b37-27+,38-33+,39-28+,42-20+. The molecule has 0 atom stereocenters. The second-order valence-electron chi connectivity index (χ2n) is 17.4. The molecule has 0 saturated carbocycles. The molecular weight excluding hydrogens is 699 g/mol. The molecular formula is C57H57N. The lowest BCUT2D eigenvalue weighted by molar-refractivity contribution is 0.639. The number of nitrogens with zero attached hydrogens (tertiary/aromatic N) is 1. The maximum absolute atomic E-state index is 4.32. The van der Waals surface area contributed by atoms with Crippen molar-refractivity contribution in [1.82, 2.24) is 0 Å². The first-order valence-electron chi connectivity index (χ1n) is 21.0. The Balaban J connectivity index is 1.27. The van der Waals surface area contributed by atoms with Crippen molar-refractivity contribution in [2.45, 2.75) is 86.0 Å². The van der Waals surface area contributed by atoms with Crippen LogP contribution in [0.15, 0.2) is 180 Å². The van der Waals surface area contributed by atoms with Gasteiger partial charge in [-0.1, -0.05) is 162 Å². The lowest BCUT2D eigenvalue weighted by Crippen LogP contribution is -2.19. The minimum absolute atomic E-state index is 0.0937. The summed E-state index contributed by atoms with van der Waals surface area (Å²) in [5.74, 6) is 0. The first kappa shape index (κ1) is 38.9. The Bertz CT molecular complexity index is 2660. The quantitative estimate of drug-likeness (QED) is 0.128. The lowest BCUT2D eigenvalue weighted by atomic mass is 9.81. The van der Waals surface area contributed by atoms with Gasteiger partial charge >= 0.3 is 0 Å². The van der Waals surface area contributed by atoms with E-state index in [9.17, 15) is 0 Å². The largest absolute Gasteiger partial charge is 0.314 e. The van der Waals surface area contributed by atoms with E-state index >= 15 is 0 Å². The molecule has 5 aromatic carbocycles. The molecule has 1 heteroatoms. The molecule has 5 aromatic rings. The van der Waals surface area contributed by atoms with Gasteiger partial charge in [-0.3, -0.25) is 0 Å². The molecule has 0 radical (unpaired) electrons. The molecule has 0 bridgehead atoms. The summed E-state index contributed by atoms with van der Waals surface area (Å²) >= 11 is 0. The summed E-state index contributed by atoms with van der Waals surface area (Å²) in [5.41, 5.74) is 24.6. The van der Waals surface area contributed by atoms with Crippen molar-refractivity contribution in [2.24, 2.45) is 0 Å². The number of rotatable bonds is 10. The number of anilines is 2. The molecule has 0 aromatic heterocycles. The summed E-state index contributed by atoms with van der Waals surface area (Å²) in [6, 6.07) is 42.8. The average Bonchev–Trinajstić information content (AvgIpc) is 3.78. The van der Waals surface area contributed by atoms with Gasteiger partial charge in [0, 0.05) is 27.9 Å². The van der Waals surface area contributed by atoms with Gasteiger partial charge in [0.05, 0.1) is 0 Å². The van der Waals surface area contributed by atoms with E-state index in [1.54, 1.807) is 0 Å². The van der Waals surface area contributed by atoms with Crippen molar-refractivity contribution >= 4 is 28.1 Å². The molecule has 0 fully saturated rings. The van der Waals surface area contributed by atoms with Gasteiger partial charge in [-0.2, -0.15) is 0 Å². The van der Waals surface area contributed by atoms with E-state index in [1.165, 1.54) is 94.8 Å². The second kappa shape index (κ2) is 15.1. The fourth-order valence-corrected chi connectivity index (χ4v) is 9.75. The summed E-state index contributed by atoms with van der Waals surface area (Å²) in [4.78, 5) is 2.47. The Morgan fingerprint density at radius 2 is 1.31 bits per heavy atom. The van der Waals surface area contributed by atoms with Crippen molar-refractivity contribution in [3.8, 4) is 11.1 Å². The number of hydrogen-bond acceptors (Lipinski definition) is 1. The molecule has 0 N–H and O–H groups in total. The highest BCUT2D eigenvalue weighted by Crippen LogP contribution is 2.54. The van der Waals surface area contributed by atoms with Gasteiger partial charge < -0.3 is 4.90 Å². The maximum atomic E-state index is 4.32. The highest BCUT2D eigenvalue weighted by molar-refractivity contribution is 6.01. The monoisotopic (exact) mass is 755 g/mol. The van der Waals surface area contributed by atoms with Gasteiger partial charge in [0.25, 0.3) is 0 Å². The molecule has 0 aliphatic heterocycles. The Morgan fingerprint density at radius 1 is 0.672 bits per heavy atom. The third-order valence-electron chi connectivity index (χ3n) is 13.3. The zero-order valence-corrected chi connectivity index (χ0v) is 35.9. The molecule has 1 nitrogen and oxygen atoms in total. The van der Waals surface area contributed by atoms with Crippen molar-refractivity contribution in [1.29, 1.82) is 0 Å². The van der Waals surface area contributed by atoms with E-state index in [0.717, 1.165) is 24.2 Å². The summed E-state index contributed by atoms with van der Waals surface area (Å²) < 4.78 is 0. The molecule has 0 amide bonds. The minimum atomic E-state index is -0.107.